The van der Waals surface area contributed by atoms with E-state index in [0.29, 0.717) is 47.3 Å². The van der Waals surface area contributed by atoms with Crippen LogP contribution in [0.2, 0.25) is 5.02 Å². The number of hydrogen-bond donors (Lipinski definition) is 0. The zero-order valence-corrected chi connectivity index (χ0v) is 21.5. The highest BCUT2D eigenvalue weighted by molar-refractivity contribution is 7.13. The summed E-state index contributed by atoms with van der Waals surface area (Å²) in [5, 5.41) is -0.142. The molecule has 37 heavy (non-hydrogen) atoms. The Hall–Kier alpha value is -2.82. The second-order valence-electron chi connectivity index (χ2n) is 8.95. The van der Waals surface area contributed by atoms with E-state index >= 15 is 0 Å². The Morgan fingerprint density at radius 3 is 2.78 bits per heavy atom. The minimum atomic E-state index is -4.56. The summed E-state index contributed by atoms with van der Waals surface area (Å²) in [4.78, 5) is 20.6. The fourth-order valence-electron chi connectivity index (χ4n) is 4.37. The van der Waals surface area contributed by atoms with E-state index in [1.54, 1.807) is 23.1 Å². The van der Waals surface area contributed by atoms with Crippen LogP contribution < -0.4 is 9.47 Å². The lowest BCUT2D eigenvalue weighted by Crippen LogP contribution is -2.31. The van der Waals surface area contributed by atoms with Gasteiger partial charge in [-0.3, -0.25) is 9.78 Å². The van der Waals surface area contributed by atoms with Crippen LogP contribution in [-0.4, -0.2) is 48.3 Å². The Morgan fingerprint density at radius 2 is 2.11 bits per heavy atom. The zero-order valence-electron chi connectivity index (χ0n) is 19.9. The van der Waals surface area contributed by atoms with Crippen molar-refractivity contribution in [2.75, 3.05) is 26.4 Å². The van der Waals surface area contributed by atoms with Gasteiger partial charge in [0.1, 0.15) is 13.2 Å². The summed E-state index contributed by atoms with van der Waals surface area (Å²) in [7, 11) is 0. The second kappa shape index (κ2) is 10.5. The largest absolute Gasteiger partial charge is 0.487 e. The van der Waals surface area contributed by atoms with Crippen molar-refractivity contribution in [3.05, 3.63) is 62.4 Å². The molecule has 2 aliphatic heterocycles. The summed E-state index contributed by atoms with van der Waals surface area (Å²) in [6.45, 7) is 3.76. The molecular weight excluding hydrogens is 529 g/mol. The van der Waals surface area contributed by atoms with Gasteiger partial charge >= 0.3 is 6.18 Å². The number of pyridine rings is 1. The molecule has 0 saturated carbocycles. The minimum Gasteiger partial charge on any atom is -0.487 e. The molecule has 1 saturated heterocycles. The van der Waals surface area contributed by atoms with Crippen LogP contribution in [-0.2, 0) is 17.5 Å². The Kier molecular flexibility index (Phi) is 7.33. The van der Waals surface area contributed by atoms with Crippen molar-refractivity contribution in [2.45, 2.75) is 38.6 Å². The standard InChI is InChI=1S/C26H24ClF3N2O4S/c1-15-4-5-22(37-15)25(33)32-6-8-35-24-17(13-32)9-16(10-21(24)36-14-19-3-2-7-34-19)23-20(27)11-18(12-31-23)26(28,29)30/h4-5,9-12,19H,2-3,6-8,13-14H2,1H3/t19-/m1/s1. The molecule has 0 spiro atoms. The van der Waals surface area contributed by atoms with Crippen LogP contribution in [0, 0.1) is 6.92 Å². The number of ether oxygens (including phenoxy) is 3. The highest BCUT2D eigenvalue weighted by Crippen LogP contribution is 2.41. The van der Waals surface area contributed by atoms with Gasteiger partial charge in [-0.1, -0.05) is 11.6 Å². The molecule has 1 amide bonds. The number of benzene rings is 1. The second-order valence-corrected chi connectivity index (χ2v) is 10.6. The van der Waals surface area contributed by atoms with Crippen LogP contribution in [0.15, 0.2) is 36.5 Å². The molecule has 0 aliphatic carbocycles. The average molecular weight is 553 g/mol. The van der Waals surface area contributed by atoms with Gasteiger partial charge < -0.3 is 19.1 Å². The van der Waals surface area contributed by atoms with Crippen molar-refractivity contribution in [2.24, 2.45) is 0 Å². The number of rotatable bonds is 5. The number of halogens is 4. The molecular formula is C26H24ClF3N2O4S. The lowest BCUT2D eigenvalue weighted by atomic mass is 10.0. The van der Waals surface area contributed by atoms with Crippen LogP contribution in [0.1, 0.15) is 38.5 Å². The predicted molar refractivity (Wildman–Crippen MR) is 133 cm³/mol. The van der Waals surface area contributed by atoms with Crippen molar-refractivity contribution < 1.29 is 32.2 Å². The van der Waals surface area contributed by atoms with Crippen molar-refractivity contribution in [1.29, 1.82) is 0 Å². The third-order valence-electron chi connectivity index (χ3n) is 6.23. The van der Waals surface area contributed by atoms with Crippen LogP contribution >= 0.6 is 22.9 Å². The summed E-state index contributed by atoms with van der Waals surface area (Å²) in [5.41, 5.74) is 0.356. The number of hydrogen-bond acceptors (Lipinski definition) is 6. The molecule has 196 valence electrons. The molecule has 0 bridgehead atoms. The van der Waals surface area contributed by atoms with Gasteiger partial charge in [-0.2, -0.15) is 13.2 Å². The van der Waals surface area contributed by atoms with E-state index in [-0.39, 0.29) is 35.9 Å². The molecule has 2 aromatic heterocycles. The fourth-order valence-corrected chi connectivity index (χ4v) is 5.48. The number of nitrogens with zero attached hydrogens (tertiary/aromatic N) is 2. The lowest BCUT2D eigenvalue weighted by molar-refractivity contribution is -0.137. The van der Waals surface area contributed by atoms with E-state index in [1.807, 2.05) is 13.0 Å². The van der Waals surface area contributed by atoms with E-state index in [0.717, 1.165) is 30.0 Å². The number of fused-ring (bicyclic) bond motifs is 1. The lowest BCUT2D eigenvalue weighted by Gasteiger charge is -2.20. The summed E-state index contributed by atoms with van der Waals surface area (Å²) in [6.07, 6.45) is -2.04. The van der Waals surface area contributed by atoms with Crippen LogP contribution in [0.5, 0.6) is 11.5 Å². The van der Waals surface area contributed by atoms with Gasteiger partial charge in [0.05, 0.1) is 33.8 Å². The smallest absolute Gasteiger partial charge is 0.417 e. The Bertz CT molecular complexity index is 1310. The van der Waals surface area contributed by atoms with Gasteiger partial charge in [0.2, 0.25) is 0 Å². The Morgan fingerprint density at radius 1 is 1.27 bits per heavy atom. The van der Waals surface area contributed by atoms with E-state index in [4.69, 9.17) is 25.8 Å². The quantitative estimate of drug-likeness (QED) is 0.367. The van der Waals surface area contributed by atoms with Gasteiger partial charge in [0, 0.05) is 35.4 Å². The topological polar surface area (TPSA) is 60.9 Å². The maximum absolute atomic E-state index is 13.2. The number of carbonyl (C=O) groups is 1. The van der Waals surface area contributed by atoms with Gasteiger partial charge in [0.25, 0.3) is 5.91 Å². The molecule has 4 heterocycles. The number of amides is 1. The van der Waals surface area contributed by atoms with E-state index in [2.05, 4.69) is 4.98 Å². The van der Waals surface area contributed by atoms with Crippen LogP contribution in [0.25, 0.3) is 11.3 Å². The molecule has 6 nitrogen and oxygen atoms in total. The highest BCUT2D eigenvalue weighted by atomic mass is 35.5. The van der Waals surface area contributed by atoms with Crippen molar-refractivity contribution in [1.82, 2.24) is 9.88 Å². The molecule has 11 heteroatoms. The van der Waals surface area contributed by atoms with Crippen molar-refractivity contribution >= 4 is 28.8 Å². The predicted octanol–water partition coefficient (Wildman–Crippen LogP) is 6.38. The van der Waals surface area contributed by atoms with Crippen LogP contribution in [0.4, 0.5) is 13.2 Å². The number of aromatic nitrogens is 1. The highest BCUT2D eigenvalue weighted by Gasteiger charge is 2.32. The molecule has 0 unspecified atom stereocenters. The summed E-state index contributed by atoms with van der Waals surface area (Å²) >= 11 is 7.68. The van der Waals surface area contributed by atoms with Crippen molar-refractivity contribution in [3.63, 3.8) is 0 Å². The third-order valence-corrected chi connectivity index (χ3v) is 7.51. The van der Waals surface area contributed by atoms with E-state index in [1.165, 1.54) is 11.3 Å². The number of carbonyl (C=O) groups excluding carboxylic acids is 1. The van der Waals surface area contributed by atoms with E-state index in [9.17, 15) is 18.0 Å². The summed E-state index contributed by atoms with van der Waals surface area (Å²) in [5.74, 6) is 0.775. The average Bonchev–Trinajstić information content (AvgIpc) is 3.48. The number of alkyl halides is 3. The number of aryl methyl sites for hydroxylation is 1. The Balaban J connectivity index is 1.52. The summed E-state index contributed by atoms with van der Waals surface area (Å²) < 4.78 is 57.3. The SMILES string of the molecule is Cc1ccc(C(=O)N2CCOc3c(cc(-c4ncc(C(F)(F)F)cc4Cl)cc3OC[C@H]3CCCO3)C2)s1. The first-order chi connectivity index (χ1) is 17.7. The minimum absolute atomic E-state index is 0.0574. The monoisotopic (exact) mass is 552 g/mol. The molecule has 1 fully saturated rings. The van der Waals surface area contributed by atoms with Gasteiger partial charge in [-0.15, -0.1) is 11.3 Å². The van der Waals surface area contributed by atoms with Crippen molar-refractivity contribution in [3.8, 4) is 22.8 Å². The number of thiophene rings is 1. The normalized spacial score (nSPS) is 17.8. The Labute approximate surface area is 220 Å². The molecule has 3 aromatic rings. The molecule has 5 rings (SSSR count). The first-order valence-electron chi connectivity index (χ1n) is 11.8. The van der Waals surface area contributed by atoms with Gasteiger partial charge in [-0.25, -0.2) is 0 Å². The molecule has 0 radical (unpaired) electrons. The fraction of sp³-hybridized carbons (Fsp3) is 0.385. The van der Waals surface area contributed by atoms with Gasteiger partial charge in [-0.05, 0) is 50.1 Å². The first-order valence-corrected chi connectivity index (χ1v) is 13.0. The maximum Gasteiger partial charge on any atom is 0.417 e. The maximum atomic E-state index is 13.2. The van der Waals surface area contributed by atoms with Gasteiger partial charge in [0.15, 0.2) is 11.5 Å². The van der Waals surface area contributed by atoms with E-state index < -0.39 is 11.7 Å². The molecule has 2 aliphatic rings. The zero-order chi connectivity index (χ0) is 26.2. The third kappa shape index (κ3) is 5.71. The summed E-state index contributed by atoms with van der Waals surface area (Å²) in [6, 6.07) is 7.95. The molecule has 0 N–H and O–H groups in total. The first kappa shape index (κ1) is 25.8. The van der Waals surface area contributed by atoms with Crippen LogP contribution in [0.3, 0.4) is 0 Å². The molecule has 1 atom stereocenters. The molecule has 1 aromatic carbocycles.